The molecule has 34 heavy (non-hydrogen) atoms. The summed E-state index contributed by atoms with van der Waals surface area (Å²) in [7, 11) is 0. The van der Waals surface area contributed by atoms with Crippen LogP contribution in [-0.2, 0) is 24.2 Å². The van der Waals surface area contributed by atoms with Gasteiger partial charge in [0, 0.05) is 17.3 Å². The van der Waals surface area contributed by atoms with Crippen molar-refractivity contribution in [2.75, 3.05) is 11.1 Å². The number of hydrogen-bond acceptors (Lipinski definition) is 6. The maximum atomic E-state index is 12.9. The lowest BCUT2D eigenvalue weighted by atomic mass is 9.69. The van der Waals surface area contributed by atoms with Gasteiger partial charge in [-0.05, 0) is 49.0 Å². The van der Waals surface area contributed by atoms with E-state index < -0.39 is 0 Å². The minimum absolute atomic E-state index is 0.110. The van der Waals surface area contributed by atoms with Crippen molar-refractivity contribution < 1.29 is 4.79 Å². The molecule has 1 amide bonds. The highest BCUT2D eigenvalue weighted by molar-refractivity contribution is 7.99. The second-order valence-electron chi connectivity index (χ2n) is 10.2. The number of anilines is 1. The van der Waals surface area contributed by atoms with Crippen LogP contribution in [0, 0.1) is 22.7 Å². The molecule has 0 aliphatic heterocycles. The van der Waals surface area contributed by atoms with Crippen molar-refractivity contribution in [2.24, 2.45) is 11.3 Å². The number of hydrogen-bond donors (Lipinski definition) is 1. The minimum Gasteiger partial charge on any atom is -0.316 e. The van der Waals surface area contributed by atoms with Crippen LogP contribution in [0.2, 0.25) is 0 Å². The molecule has 1 saturated carbocycles. The van der Waals surface area contributed by atoms with Gasteiger partial charge in [-0.25, -0.2) is 0 Å². The van der Waals surface area contributed by atoms with Gasteiger partial charge in [0.2, 0.25) is 5.91 Å². The number of rotatable bonds is 9. The number of carbonyl (C=O) groups is 1. The molecule has 0 spiro atoms. The SMILES string of the molecule is C=CCn1c(SCC(=O)Nc2sc3c(c2C#N)CCC(C(C)(C)CC)C3)nnc1C1CCCC1. The summed E-state index contributed by atoms with van der Waals surface area (Å²) in [6.45, 7) is 11.5. The molecule has 182 valence electrons. The summed E-state index contributed by atoms with van der Waals surface area (Å²) in [4.78, 5) is 14.1. The molecule has 1 N–H and O–H groups in total. The molecular weight excluding hydrogens is 462 g/mol. The summed E-state index contributed by atoms with van der Waals surface area (Å²) >= 11 is 2.99. The van der Waals surface area contributed by atoms with Crippen molar-refractivity contribution >= 4 is 34.0 Å². The highest BCUT2D eigenvalue weighted by Crippen LogP contribution is 2.45. The fraction of sp³-hybridized carbons (Fsp3) is 0.615. The molecule has 6 nitrogen and oxygen atoms in total. The lowest BCUT2D eigenvalue weighted by Gasteiger charge is -2.36. The maximum Gasteiger partial charge on any atom is 0.235 e. The van der Waals surface area contributed by atoms with Crippen LogP contribution in [0.5, 0.6) is 0 Å². The van der Waals surface area contributed by atoms with Gasteiger partial charge < -0.3 is 9.88 Å². The molecule has 2 aliphatic carbocycles. The monoisotopic (exact) mass is 497 g/mol. The van der Waals surface area contributed by atoms with E-state index in [0.29, 0.717) is 28.9 Å². The van der Waals surface area contributed by atoms with Crippen LogP contribution in [0.4, 0.5) is 5.00 Å². The third kappa shape index (κ3) is 5.11. The van der Waals surface area contributed by atoms with Gasteiger partial charge >= 0.3 is 0 Å². The molecule has 0 saturated heterocycles. The van der Waals surface area contributed by atoms with Gasteiger partial charge in [0.1, 0.15) is 16.9 Å². The molecule has 0 bridgehead atoms. The van der Waals surface area contributed by atoms with Crippen LogP contribution >= 0.6 is 23.1 Å². The second kappa shape index (κ2) is 10.7. The third-order valence-corrected chi connectivity index (χ3v) is 9.89. The Labute approximate surface area is 211 Å². The molecule has 2 aromatic heterocycles. The smallest absolute Gasteiger partial charge is 0.235 e. The summed E-state index contributed by atoms with van der Waals surface area (Å²) in [5, 5.41) is 23.2. The molecule has 1 atom stereocenters. The van der Waals surface area contributed by atoms with Crippen LogP contribution in [-0.4, -0.2) is 26.4 Å². The number of nitrogens with one attached hydrogen (secondary N) is 1. The summed E-state index contributed by atoms with van der Waals surface area (Å²) in [6, 6.07) is 2.36. The van der Waals surface area contributed by atoms with Gasteiger partial charge in [-0.2, -0.15) is 5.26 Å². The number of thiophene rings is 1. The van der Waals surface area contributed by atoms with Gasteiger partial charge in [0.15, 0.2) is 5.16 Å². The largest absolute Gasteiger partial charge is 0.316 e. The number of aromatic nitrogens is 3. The molecule has 4 rings (SSSR count). The Bertz CT molecular complexity index is 1090. The third-order valence-electron chi connectivity index (χ3n) is 7.76. The standard InChI is InChI=1S/C26H35N5OS2/c1-5-13-31-23(17-9-7-8-10-17)29-30-25(31)33-16-22(32)28-24-20(15-27)19-12-11-18(14-21(19)34-24)26(3,4)6-2/h5,17-18H,1,6-14,16H2,2-4H3,(H,28,32). The number of allylic oxidation sites excluding steroid dienone is 1. The highest BCUT2D eigenvalue weighted by atomic mass is 32.2. The number of nitrogens with zero attached hydrogens (tertiary/aromatic N) is 4. The predicted octanol–water partition coefficient (Wildman–Crippen LogP) is 6.33. The van der Waals surface area contributed by atoms with E-state index in [4.69, 9.17) is 0 Å². The first-order chi connectivity index (χ1) is 16.4. The maximum absolute atomic E-state index is 12.9. The summed E-state index contributed by atoms with van der Waals surface area (Å²) in [6.07, 6.45) is 10.8. The molecular formula is C26H35N5OS2. The molecule has 2 aromatic rings. The molecule has 0 aromatic carbocycles. The van der Waals surface area contributed by atoms with Crippen molar-refractivity contribution in [2.45, 2.75) is 89.8 Å². The van der Waals surface area contributed by atoms with Gasteiger partial charge in [0.05, 0.1) is 11.3 Å². The Kier molecular flexibility index (Phi) is 7.83. The van der Waals surface area contributed by atoms with Crippen molar-refractivity contribution in [1.82, 2.24) is 14.8 Å². The summed E-state index contributed by atoms with van der Waals surface area (Å²) in [5.74, 6) is 2.20. The van der Waals surface area contributed by atoms with E-state index in [1.54, 1.807) is 11.3 Å². The highest BCUT2D eigenvalue weighted by Gasteiger charge is 2.34. The fourth-order valence-electron chi connectivity index (χ4n) is 5.23. The Balaban J connectivity index is 1.43. The van der Waals surface area contributed by atoms with E-state index in [1.807, 2.05) is 6.08 Å². The summed E-state index contributed by atoms with van der Waals surface area (Å²) < 4.78 is 2.10. The molecule has 2 heterocycles. The number of amides is 1. The first-order valence-electron chi connectivity index (χ1n) is 12.4. The van der Waals surface area contributed by atoms with E-state index in [-0.39, 0.29) is 17.1 Å². The van der Waals surface area contributed by atoms with Crippen molar-refractivity contribution in [1.29, 1.82) is 5.26 Å². The molecule has 0 radical (unpaired) electrons. The Morgan fingerprint density at radius 3 is 2.79 bits per heavy atom. The Morgan fingerprint density at radius 2 is 2.12 bits per heavy atom. The lowest BCUT2D eigenvalue weighted by Crippen LogP contribution is -2.28. The normalized spacial score (nSPS) is 18.5. The van der Waals surface area contributed by atoms with E-state index in [0.717, 1.165) is 55.1 Å². The number of fused-ring (bicyclic) bond motifs is 1. The topological polar surface area (TPSA) is 83.6 Å². The van der Waals surface area contributed by atoms with E-state index in [9.17, 15) is 10.1 Å². The van der Waals surface area contributed by atoms with Crippen LogP contribution in [0.15, 0.2) is 17.8 Å². The van der Waals surface area contributed by atoms with Crippen molar-refractivity contribution in [3.8, 4) is 6.07 Å². The van der Waals surface area contributed by atoms with E-state index in [1.165, 1.54) is 29.5 Å². The fourth-order valence-corrected chi connectivity index (χ4v) is 7.28. The number of nitriles is 1. The van der Waals surface area contributed by atoms with Gasteiger partial charge in [-0.1, -0.05) is 57.9 Å². The zero-order valence-corrected chi connectivity index (χ0v) is 22.2. The minimum atomic E-state index is -0.110. The second-order valence-corrected chi connectivity index (χ2v) is 12.2. The average molecular weight is 498 g/mol. The van der Waals surface area contributed by atoms with Crippen LogP contribution in [0.25, 0.3) is 0 Å². The van der Waals surface area contributed by atoms with Crippen LogP contribution in [0.3, 0.4) is 0 Å². The molecule has 2 aliphatic rings. The van der Waals surface area contributed by atoms with Crippen LogP contribution < -0.4 is 5.32 Å². The molecule has 1 fully saturated rings. The predicted molar refractivity (Wildman–Crippen MR) is 139 cm³/mol. The van der Waals surface area contributed by atoms with Crippen molar-refractivity contribution in [3.05, 3.63) is 34.5 Å². The Morgan fingerprint density at radius 1 is 1.35 bits per heavy atom. The zero-order chi connectivity index (χ0) is 24.3. The van der Waals surface area contributed by atoms with Crippen LogP contribution in [0.1, 0.15) is 87.0 Å². The Hall–Kier alpha value is -2.11. The quantitative estimate of drug-likeness (QED) is 0.323. The average Bonchev–Trinajstić information content (AvgIpc) is 3.56. The molecule has 1 unspecified atom stereocenters. The van der Waals surface area contributed by atoms with E-state index >= 15 is 0 Å². The first kappa shape index (κ1) is 25.0. The van der Waals surface area contributed by atoms with Gasteiger partial charge in [0.25, 0.3) is 0 Å². The van der Waals surface area contributed by atoms with E-state index in [2.05, 4.69) is 53.5 Å². The van der Waals surface area contributed by atoms with Gasteiger partial charge in [-0.15, -0.1) is 28.1 Å². The zero-order valence-electron chi connectivity index (χ0n) is 20.5. The summed E-state index contributed by atoms with van der Waals surface area (Å²) in [5.41, 5.74) is 2.09. The van der Waals surface area contributed by atoms with Crippen molar-refractivity contribution in [3.63, 3.8) is 0 Å². The number of thioether (sulfide) groups is 1. The first-order valence-corrected chi connectivity index (χ1v) is 14.2. The lowest BCUT2D eigenvalue weighted by molar-refractivity contribution is -0.113. The van der Waals surface area contributed by atoms with Gasteiger partial charge in [-0.3, -0.25) is 4.79 Å². The molecule has 8 heteroatoms. The number of carbonyl (C=O) groups excluding carboxylic acids is 1.